The molecule has 1 fully saturated rings. The van der Waals surface area contributed by atoms with Crippen molar-refractivity contribution in [2.45, 2.75) is 115 Å². The number of hydrogen-bond donors (Lipinski definition) is 8. The van der Waals surface area contributed by atoms with Gasteiger partial charge in [-0.2, -0.15) is 0 Å². The topological polar surface area (TPSA) is 218 Å². The Kier molecular flexibility index (Phi) is 11.8. The maximum Gasteiger partial charge on any atom is 0.254 e. The molecule has 0 saturated heterocycles. The Bertz CT molecular complexity index is 1500. The van der Waals surface area contributed by atoms with Crippen molar-refractivity contribution < 1.29 is 39.9 Å². The molecule has 0 aliphatic heterocycles. The third-order valence-corrected chi connectivity index (χ3v) is 10.5. The van der Waals surface area contributed by atoms with Crippen molar-refractivity contribution in [3.8, 4) is 5.75 Å². The lowest BCUT2D eigenvalue weighted by Gasteiger charge is -2.54. The molecule has 0 radical (unpaired) electrons. The number of unbranched alkanes of at least 4 members (excludes halogenated alkanes) is 10. The number of carbonyl (C=O) groups excluding carboxylic acids is 3. The van der Waals surface area contributed by atoms with Gasteiger partial charge in [0, 0.05) is 17.9 Å². The smallest absolute Gasteiger partial charge is 0.254 e. The highest BCUT2D eigenvalue weighted by molar-refractivity contribution is 6.34. The molecule has 9 N–H and O–H groups in total. The molecule has 1 aromatic rings. The number of nitrogens with two attached hydrogens (primary N) is 1. The Morgan fingerprint density at radius 2 is 1.54 bits per heavy atom. The summed E-state index contributed by atoms with van der Waals surface area (Å²) in [6.45, 7) is 3.90. The van der Waals surface area contributed by atoms with Crippen LogP contribution >= 0.6 is 0 Å². The summed E-state index contributed by atoms with van der Waals surface area (Å²) < 4.78 is 0. The maximum atomic E-state index is 14.2. The molecule has 1 aromatic carbocycles. The lowest BCUT2D eigenvalue weighted by atomic mass is 9.53. The predicted molar refractivity (Wildman–Crippen MR) is 183 cm³/mol. The van der Waals surface area contributed by atoms with Gasteiger partial charge in [0.2, 0.25) is 11.7 Å². The van der Waals surface area contributed by atoms with E-state index in [1.165, 1.54) is 70.0 Å². The van der Waals surface area contributed by atoms with Gasteiger partial charge in [0.15, 0.2) is 5.60 Å². The molecular formula is C36H52N4O8. The zero-order valence-corrected chi connectivity index (χ0v) is 28.5. The Morgan fingerprint density at radius 3 is 2.08 bits per heavy atom. The first-order chi connectivity index (χ1) is 22.7. The highest BCUT2D eigenvalue weighted by atomic mass is 16.3. The molecule has 0 spiro atoms. The fourth-order valence-electron chi connectivity index (χ4n) is 7.93. The number of aromatic hydroxyl groups is 1. The molecule has 0 heterocycles. The van der Waals surface area contributed by atoms with Gasteiger partial charge >= 0.3 is 0 Å². The first kappa shape index (κ1) is 37.1. The van der Waals surface area contributed by atoms with E-state index in [9.17, 15) is 39.9 Å². The number of nitrogens with zero attached hydrogens (tertiary/aromatic N) is 1. The number of aliphatic hydroxyl groups excluding tert-OH is 3. The Hall–Kier alpha value is -3.74. The molecule has 12 nitrogen and oxygen atoms in total. The van der Waals surface area contributed by atoms with E-state index in [0.717, 1.165) is 19.3 Å². The van der Waals surface area contributed by atoms with Crippen LogP contribution in [-0.4, -0.2) is 85.6 Å². The number of rotatable bonds is 15. The lowest BCUT2D eigenvalue weighted by molar-refractivity contribution is -0.151. The number of amides is 2. The molecule has 3 aliphatic rings. The normalized spacial score (nSPS) is 26.8. The van der Waals surface area contributed by atoms with E-state index in [4.69, 9.17) is 11.1 Å². The van der Waals surface area contributed by atoms with Crippen molar-refractivity contribution in [3.63, 3.8) is 0 Å². The summed E-state index contributed by atoms with van der Waals surface area (Å²) in [6.07, 6.45) is 11.3. The number of carbonyl (C=O) groups is 3. The number of phenols is 1. The average molecular weight is 669 g/mol. The number of phenolic OH excluding ortho intramolecular Hbond substituents is 1. The number of anilines is 1. The quantitative estimate of drug-likeness (QED) is 0.0967. The number of likely N-dealkylation sites (N-methyl/N-ethyl adjacent to an activating group) is 1. The van der Waals surface area contributed by atoms with Crippen LogP contribution in [-0.2, 0) is 14.4 Å². The summed E-state index contributed by atoms with van der Waals surface area (Å²) in [5.74, 6) is -7.83. The second kappa shape index (κ2) is 15.2. The van der Waals surface area contributed by atoms with Crippen LogP contribution in [0.4, 0.5) is 5.69 Å². The molecular weight excluding hydrogens is 616 g/mol. The van der Waals surface area contributed by atoms with Crippen LogP contribution in [0.1, 0.15) is 108 Å². The van der Waals surface area contributed by atoms with Crippen LogP contribution < -0.4 is 11.1 Å². The molecule has 2 amide bonds. The van der Waals surface area contributed by atoms with Crippen LogP contribution in [0.25, 0.3) is 5.76 Å². The molecule has 0 bridgehead atoms. The van der Waals surface area contributed by atoms with Gasteiger partial charge in [-0.15, -0.1) is 0 Å². The molecule has 12 heteroatoms. The molecule has 3 aliphatic carbocycles. The highest BCUT2D eigenvalue weighted by Gasteiger charge is 2.67. The number of benzene rings is 1. The van der Waals surface area contributed by atoms with E-state index in [2.05, 4.69) is 12.2 Å². The minimum atomic E-state index is -2.84. The van der Waals surface area contributed by atoms with E-state index >= 15 is 0 Å². The van der Waals surface area contributed by atoms with Gasteiger partial charge in [0.1, 0.15) is 22.8 Å². The van der Waals surface area contributed by atoms with E-state index < -0.39 is 81.3 Å². The number of fused-ring (bicyclic) bond motifs is 3. The summed E-state index contributed by atoms with van der Waals surface area (Å²) in [5.41, 5.74) is 0.740. The van der Waals surface area contributed by atoms with Crippen molar-refractivity contribution in [2.24, 2.45) is 17.6 Å². The molecule has 2 unspecified atom stereocenters. The van der Waals surface area contributed by atoms with Crippen LogP contribution in [0.2, 0.25) is 0 Å². The van der Waals surface area contributed by atoms with Gasteiger partial charge in [0.05, 0.1) is 35.0 Å². The zero-order chi connectivity index (χ0) is 35.5. The summed E-state index contributed by atoms with van der Waals surface area (Å²) in [6, 6.07) is 1.83. The SMILES string of the molecule is CCCCCCCCCCCCCC(=O)Nc1ccc2c(c1O)C(O)=C1C(=O)[C@]3(O)C(=N)C(C(N)=O)=C(O)[C@@H](N(C)C)C3[C@@H](O)C1[C@H]2C. The molecule has 4 rings (SSSR count). The van der Waals surface area contributed by atoms with Crippen molar-refractivity contribution >= 4 is 34.8 Å². The number of nitrogens with one attached hydrogen (secondary N) is 2. The van der Waals surface area contributed by atoms with Crippen molar-refractivity contribution in [3.05, 3.63) is 40.2 Å². The van der Waals surface area contributed by atoms with Crippen molar-refractivity contribution in [1.29, 1.82) is 5.41 Å². The van der Waals surface area contributed by atoms with Gasteiger partial charge in [-0.1, -0.05) is 84.1 Å². The summed E-state index contributed by atoms with van der Waals surface area (Å²) in [5, 5.41) is 68.8. The Labute approximate surface area is 282 Å². The van der Waals surface area contributed by atoms with E-state index in [1.807, 2.05) is 0 Å². The summed E-state index contributed by atoms with van der Waals surface area (Å²) >= 11 is 0. The molecule has 1 saturated carbocycles. The molecule has 264 valence electrons. The number of aliphatic hydroxyl groups is 4. The van der Waals surface area contributed by atoms with Gasteiger partial charge < -0.3 is 42.0 Å². The Morgan fingerprint density at radius 1 is 0.979 bits per heavy atom. The summed E-state index contributed by atoms with van der Waals surface area (Å²) in [4.78, 5) is 40.7. The van der Waals surface area contributed by atoms with Gasteiger partial charge in [0.25, 0.3) is 5.91 Å². The van der Waals surface area contributed by atoms with E-state index in [0.29, 0.717) is 12.0 Å². The maximum absolute atomic E-state index is 14.2. The first-order valence-electron chi connectivity index (χ1n) is 17.2. The van der Waals surface area contributed by atoms with Crippen molar-refractivity contribution in [2.75, 3.05) is 19.4 Å². The average Bonchev–Trinajstić information content (AvgIpc) is 3.02. The number of hydrogen-bond acceptors (Lipinski definition) is 10. The monoisotopic (exact) mass is 668 g/mol. The zero-order valence-electron chi connectivity index (χ0n) is 28.5. The molecule has 6 atom stereocenters. The minimum Gasteiger partial charge on any atom is -0.510 e. The molecule has 0 aromatic heterocycles. The fourth-order valence-corrected chi connectivity index (χ4v) is 7.93. The Balaban J connectivity index is 1.53. The molecule has 48 heavy (non-hydrogen) atoms. The van der Waals surface area contributed by atoms with Crippen LogP contribution in [0.3, 0.4) is 0 Å². The van der Waals surface area contributed by atoms with Crippen LogP contribution in [0.5, 0.6) is 5.75 Å². The van der Waals surface area contributed by atoms with Gasteiger partial charge in [-0.25, -0.2) is 0 Å². The lowest BCUT2D eigenvalue weighted by Crippen LogP contribution is -2.71. The second-order valence-corrected chi connectivity index (χ2v) is 13.9. The summed E-state index contributed by atoms with van der Waals surface area (Å²) in [7, 11) is 3.03. The van der Waals surface area contributed by atoms with Crippen LogP contribution in [0.15, 0.2) is 29.0 Å². The van der Waals surface area contributed by atoms with Gasteiger partial charge in [-0.3, -0.25) is 19.3 Å². The van der Waals surface area contributed by atoms with Crippen molar-refractivity contribution in [1.82, 2.24) is 4.90 Å². The fraction of sp³-hybridized carbons (Fsp3) is 0.611. The minimum absolute atomic E-state index is 0.0296. The third-order valence-electron chi connectivity index (χ3n) is 10.5. The van der Waals surface area contributed by atoms with Crippen LogP contribution in [0, 0.1) is 17.2 Å². The third kappa shape index (κ3) is 6.62. The number of primary amides is 1. The standard InChI is InChI=1S/C36H52N4O8/c1-5-6-7-8-9-10-11-12-13-14-15-16-22(41)39-21-18-17-20-19(2)23-25(30(43)24(20)29(21)42)34(46)36(48)27(31(23)44)28(40(3)4)32(45)26(33(36)37)35(38)47/h17-19,23,27-28,31,37,42-45,48H,5-16H2,1-4H3,(H2,38,47)(H,39,41)/t19-,23?,27?,28-,31-,36+/m0/s1. The second-order valence-electron chi connectivity index (χ2n) is 13.9. The number of ketones is 1. The highest BCUT2D eigenvalue weighted by Crippen LogP contribution is 2.56. The predicted octanol–water partition coefficient (Wildman–Crippen LogP) is 4.59. The van der Waals surface area contributed by atoms with E-state index in [1.54, 1.807) is 13.0 Å². The number of Topliss-reactive ketones (excluding diaryl/α,β-unsaturated/α-hetero) is 1. The largest absolute Gasteiger partial charge is 0.510 e. The first-order valence-corrected chi connectivity index (χ1v) is 17.2. The van der Waals surface area contributed by atoms with E-state index in [-0.39, 0.29) is 23.6 Å². The van der Waals surface area contributed by atoms with Gasteiger partial charge in [-0.05, 0) is 38.1 Å².